The standard InChI is InChI=1S/C13H23N3/c1-10-5-3-7-13(10)14-8-4-6-12-9-15-16-11(12)2/h9-10,13-14H,3-8H2,1-2H3,(H,15,16). The van der Waals surface area contributed by atoms with Gasteiger partial charge in [-0.3, -0.25) is 5.10 Å². The van der Waals surface area contributed by atoms with Gasteiger partial charge in [0.1, 0.15) is 0 Å². The van der Waals surface area contributed by atoms with E-state index in [0.29, 0.717) is 0 Å². The molecule has 1 fully saturated rings. The molecule has 1 saturated carbocycles. The second kappa shape index (κ2) is 5.48. The minimum atomic E-state index is 0.769. The number of hydrogen-bond donors (Lipinski definition) is 2. The lowest BCUT2D eigenvalue weighted by molar-refractivity contribution is 0.424. The van der Waals surface area contributed by atoms with E-state index in [0.717, 1.165) is 24.9 Å². The number of aromatic amines is 1. The van der Waals surface area contributed by atoms with E-state index in [-0.39, 0.29) is 0 Å². The summed E-state index contributed by atoms with van der Waals surface area (Å²) in [5, 5.41) is 10.7. The topological polar surface area (TPSA) is 40.7 Å². The predicted molar refractivity (Wildman–Crippen MR) is 66.5 cm³/mol. The minimum absolute atomic E-state index is 0.769. The number of nitrogens with zero attached hydrogens (tertiary/aromatic N) is 1. The van der Waals surface area contributed by atoms with Crippen LogP contribution in [-0.4, -0.2) is 22.8 Å². The Labute approximate surface area is 98.0 Å². The smallest absolute Gasteiger partial charge is 0.0522 e. The van der Waals surface area contributed by atoms with Crippen molar-refractivity contribution in [1.29, 1.82) is 0 Å². The Balaban J connectivity index is 1.63. The Morgan fingerprint density at radius 2 is 2.38 bits per heavy atom. The first kappa shape index (κ1) is 11.6. The van der Waals surface area contributed by atoms with Gasteiger partial charge in [-0.1, -0.05) is 13.3 Å². The van der Waals surface area contributed by atoms with Gasteiger partial charge in [0, 0.05) is 11.7 Å². The molecule has 3 nitrogen and oxygen atoms in total. The molecule has 1 heterocycles. The van der Waals surface area contributed by atoms with E-state index in [1.165, 1.54) is 36.9 Å². The number of aromatic nitrogens is 2. The maximum absolute atomic E-state index is 4.04. The van der Waals surface area contributed by atoms with E-state index in [2.05, 4.69) is 29.4 Å². The zero-order valence-electron chi connectivity index (χ0n) is 10.4. The van der Waals surface area contributed by atoms with Crippen molar-refractivity contribution in [2.45, 2.75) is 52.0 Å². The summed E-state index contributed by atoms with van der Waals surface area (Å²) >= 11 is 0. The highest BCUT2D eigenvalue weighted by atomic mass is 15.1. The fourth-order valence-electron chi connectivity index (χ4n) is 2.64. The minimum Gasteiger partial charge on any atom is -0.314 e. The summed E-state index contributed by atoms with van der Waals surface area (Å²) in [6, 6.07) is 0.769. The van der Waals surface area contributed by atoms with Crippen LogP contribution in [0.1, 0.15) is 43.9 Å². The van der Waals surface area contributed by atoms with E-state index in [1.807, 2.05) is 6.20 Å². The highest BCUT2D eigenvalue weighted by molar-refractivity contribution is 5.14. The zero-order valence-corrected chi connectivity index (χ0v) is 10.4. The fraction of sp³-hybridized carbons (Fsp3) is 0.769. The predicted octanol–water partition coefficient (Wildman–Crippen LogP) is 2.43. The summed E-state index contributed by atoms with van der Waals surface area (Å²) < 4.78 is 0. The van der Waals surface area contributed by atoms with Gasteiger partial charge in [0.15, 0.2) is 0 Å². The highest BCUT2D eigenvalue weighted by Gasteiger charge is 2.21. The molecule has 2 unspecified atom stereocenters. The van der Waals surface area contributed by atoms with Gasteiger partial charge in [-0.25, -0.2) is 0 Å². The summed E-state index contributed by atoms with van der Waals surface area (Å²) in [7, 11) is 0. The molecule has 2 rings (SSSR count). The first-order chi connectivity index (χ1) is 7.77. The van der Waals surface area contributed by atoms with Crippen LogP contribution in [0.4, 0.5) is 0 Å². The van der Waals surface area contributed by atoms with Crippen LogP contribution >= 0.6 is 0 Å². The fourth-order valence-corrected chi connectivity index (χ4v) is 2.64. The van der Waals surface area contributed by atoms with Crippen LogP contribution in [0, 0.1) is 12.8 Å². The second-order valence-electron chi connectivity index (χ2n) is 5.09. The average molecular weight is 221 g/mol. The molecule has 1 aliphatic rings. The Kier molecular flexibility index (Phi) is 3.99. The Morgan fingerprint density at radius 3 is 3.00 bits per heavy atom. The van der Waals surface area contributed by atoms with Gasteiger partial charge in [0.05, 0.1) is 6.20 Å². The van der Waals surface area contributed by atoms with Gasteiger partial charge in [-0.2, -0.15) is 5.10 Å². The molecule has 0 radical (unpaired) electrons. The molecule has 1 aromatic heterocycles. The van der Waals surface area contributed by atoms with Crippen molar-refractivity contribution in [3.63, 3.8) is 0 Å². The lowest BCUT2D eigenvalue weighted by atomic mass is 10.1. The molecule has 1 aromatic rings. The largest absolute Gasteiger partial charge is 0.314 e. The molecule has 0 aromatic carbocycles. The second-order valence-corrected chi connectivity index (χ2v) is 5.09. The first-order valence-electron chi connectivity index (χ1n) is 6.49. The molecule has 3 heteroatoms. The third-order valence-corrected chi connectivity index (χ3v) is 3.83. The highest BCUT2D eigenvalue weighted by Crippen LogP contribution is 2.24. The molecule has 0 saturated heterocycles. The van der Waals surface area contributed by atoms with Crippen molar-refractivity contribution in [3.8, 4) is 0 Å². The van der Waals surface area contributed by atoms with Crippen LogP contribution < -0.4 is 5.32 Å². The molecule has 2 atom stereocenters. The lowest BCUT2D eigenvalue weighted by Gasteiger charge is -2.16. The quantitative estimate of drug-likeness (QED) is 0.750. The number of aryl methyl sites for hydroxylation is 2. The van der Waals surface area contributed by atoms with Crippen LogP contribution in [0.25, 0.3) is 0 Å². The van der Waals surface area contributed by atoms with Crippen LogP contribution in [0.5, 0.6) is 0 Å². The van der Waals surface area contributed by atoms with E-state index in [9.17, 15) is 0 Å². The molecular weight excluding hydrogens is 198 g/mol. The van der Waals surface area contributed by atoms with Crippen molar-refractivity contribution in [2.24, 2.45) is 5.92 Å². The zero-order chi connectivity index (χ0) is 11.4. The van der Waals surface area contributed by atoms with Gasteiger partial charge >= 0.3 is 0 Å². The summed E-state index contributed by atoms with van der Waals surface area (Å²) in [6.45, 7) is 5.60. The maximum Gasteiger partial charge on any atom is 0.0522 e. The van der Waals surface area contributed by atoms with Crippen molar-refractivity contribution < 1.29 is 0 Å². The average Bonchev–Trinajstić information content (AvgIpc) is 2.84. The van der Waals surface area contributed by atoms with E-state index >= 15 is 0 Å². The number of rotatable bonds is 5. The maximum atomic E-state index is 4.04. The van der Waals surface area contributed by atoms with Crippen molar-refractivity contribution in [1.82, 2.24) is 15.5 Å². The van der Waals surface area contributed by atoms with Gasteiger partial charge < -0.3 is 5.32 Å². The molecule has 90 valence electrons. The summed E-state index contributed by atoms with van der Waals surface area (Å²) in [4.78, 5) is 0. The SMILES string of the molecule is Cc1[nH]ncc1CCCNC1CCCC1C. The molecule has 0 bridgehead atoms. The number of hydrogen-bond acceptors (Lipinski definition) is 2. The molecule has 2 N–H and O–H groups in total. The van der Waals surface area contributed by atoms with E-state index in [4.69, 9.17) is 0 Å². The van der Waals surface area contributed by atoms with Gasteiger partial charge in [0.25, 0.3) is 0 Å². The van der Waals surface area contributed by atoms with Gasteiger partial charge in [-0.05, 0) is 50.6 Å². The Hall–Kier alpha value is -0.830. The molecule has 0 aliphatic heterocycles. The van der Waals surface area contributed by atoms with Crippen LogP contribution in [0.15, 0.2) is 6.20 Å². The van der Waals surface area contributed by atoms with Crippen molar-refractivity contribution >= 4 is 0 Å². The van der Waals surface area contributed by atoms with Crippen LogP contribution in [-0.2, 0) is 6.42 Å². The monoisotopic (exact) mass is 221 g/mol. The molecule has 0 amide bonds. The third kappa shape index (κ3) is 2.85. The summed E-state index contributed by atoms with van der Waals surface area (Å²) in [5.41, 5.74) is 2.58. The lowest BCUT2D eigenvalue weighted by Crippen LogP contribution is -2.32. The summed E-state index contributed by atoms with van der Waals surface area (Å²) in [6.07, 6.45) is 8.47. The van der Waals surface area contributed by atoms with Crippen molar-refractivity contribution in [2.75, 3.05) is 6.54 Å². The molecule has 0 spiro atoms. The number of nitrogens with one attached hydrogen (secondary N) is 2. The van der Waals surface area contributed by atoms with Gasteiger partial charge in [-0.15, -0.1) is 0 Å². The van der Waals surface area contributed by atoms with E-state index in [1.54, 1.807) is 0 Å². The Morgan fingerprint density at radius 1 is 1.50 bits per heavy atom. The van der Waals surface area contributed by atoms with Crippen LogP contribution in [0.2, 0.25) is 0 Å². The summed E-state index contributed by atoms with van der Waals surface area (Å²) in [5.74, 6) is 0.871. The molecule has 16 heavy (non-hydrogen) atoms. The third-order valence-electron chi connectivity index (χ3n) is 3.83. The van der Waals surface area contributed by atoms with Crippen molar-refractivity contribution in [3.05, 3.63) is 17.5 Å². The Bertz CT molecular complexity index is 319. The molecule has 1 aliphatic carbocycles. The normalized spacial score (nSPS) is 25.1. The van der Waals surface area contributed by atoms with Crippen LogP contribution in [0.3, 0.4) is 0 Å². The number of H-pyrrole nitrogens is 1. The van der Waals surface area contributed by atoms with E-state index < -0.39 is 0 Å². The first-order valence-corrected chi connectivity index (χ1v) is 6.49. The molecular formula is C13H23N3. The van der Waals surface area contributed by atoms with Gasteiger partial charge in [0.2, 0.25) is 0 Å².